The highest BCUT2D eigenvalue weighted by molar-refractivity contribution is 7.88. The monoisotopic (exact) mass is 419 g/mol. The van der Waals surface area contributed by atoms with Gasteiger partial charge in [0.05, 0.1) is 11.8 Å². The van der Waals surface area contributed by atoms with E-state index in [4.69, 9.17) is 0 Å². The third kappa shape index (κ3) is 3.99. The van der Waals surface area contributed by atoms with E-state index in [1.807, 2.05) is 39.8 Å². The highest BCUT2D eigenvalue weighted by atomic mass is 32.2. The maximum absolute atomic E-state index is 13.0. The molecule has 4 heterocycles. The summed E-state index contributed by atoms with van der Waals surface area (Å²) in [5.41, 5.74) is 1.71. The molecule has 2 fully saturated rings. The maximum atomic E-state index is 13.0. The zero-order chi connectivity index (χ0) is 20.8. The van der Waals surface area contributed by atoms with Crippen LogP contribution in [0.5, 0.6) is 0 Å². The standard InChI is InChI=1S/C20H29N5O3S/c1-21(2)18-8-9-23(15-18)20(26)16-4-5-17-6-7-19(25(17)14-16)22-10-12-24(13-11-22)29(3,27)28/h4-7,14,18H,8-13,15H2,1-3H3/t18-/m1/s1. The van der Waals surface area contributed by atoms with E-state index in [1.165, 1.54) is 10.6 Å². The van der Waals surface area contributed by atoms with Crippen molar-refractivity contribution in [2.24, 2.45) is 0 Å². The number of sulfonamides is 1. The molecule has 0 unspecified atom stereocenters. The Balaban J connectivity index is 1.54. The van der Waals surface area contributed by atoms with Gasteiger partial charge < -0.3 is 19.1 Å². The SMILES string of the molecule is CN(C)[C@@H]1CCN(C(=O)c2ccc3ccc(N4CCN(S(C)(=O)=O)CC4)n3c2)C1. The topological polar surface area (TPSA) is 68.6 Å². The van der Waals surface area contributed by atoms with Gasteiger partial charge in [-0.15, -0.1) is 0 Å². The van der Waals surface area contributed by atoms with E-state index in [9.17, 15) is 13.2 Å². The Morgan fingerprint density at radius 1 is 1.03 bits per heavy atom. The lowest BCUT2D eigenvalue weighted by Gasteiger charge is -2.34. The van der Waals surface area contributed by atoms with Crippen molar-refractivity contribution in [2.45, 2.75) is 12.5 Å². The van der Waals surface area contributed by atoms with Gasteiger partial charge in [-0.25, -0.2) is 8.42 Å². The molecule has 2 saturated heterocycles. The molecule has 9 heteroatoms. The molecule has 0 spiro atoms. The third-order valence-electron chi connectivity index (χ3n) is 6.09. The normalized spacial score (nSPS) is 21.4. The summed E-state index contributed by atoms with van der Waals surface area (Å²) in [4.78, 5) is 19.3. The molecule has 2 aromatic heterocycles. The molecule has 0 N–H and O–H groups in total. The summed E-state index contributed by atoms with van der Waals surface area (Å²) in [6.07, 6.45) is 4.17. The van der Waals surface area contributed by atoms with Crippen LogP contribution in [0.15, 0.2) is 30.5 Å². The van der Waals surface area contributed by atoms with Gasteiger partial charge in [-0.3, -0.25) is 4.79 Å². The Morgan fingerprint density at radius 3 is 2.34 bits per heavy atom. The van der Waals surface area contributed by atoms with E-state index >= 15 is 0 Å². The van der Waals surface area contributed by atoms with Crippen molar-refractivity contribution in [2.75, 3.05) is 64.5 Å². The third-order valence-corrected chi connectivity index (χ3v) is 7.39. The minimum Gasteiger partial charge on any atom is -0.355 e. The van der Waals surface area contributed by atoms with Crippen molar-refractivity contribution in [1.82, 2.24) is 18.5 Å². The molecule has 2 aliphatic heterocycles. The number of piperazine rings is 1. The van der Waals surface area contributed by atoms with Gasteiger partial charge in [-0.1, -0.05) is 0 Å². The molecule has 2 aliphatic rings. The van der Waals surface area contributed by atoms with Crippen molar-refractivity contribution >= 4 is 27.3 Å². The second-order valence-corrected chi connectivity index (χ2v) is 10.2. The summed E-state index contributed by atoms with van der Waals surface area (Å²) in [6.45, 7) is 3.76. The van der Waals surface area contributed by atoms with E-state index in [0.29, 0.717) is 37.8 Å². The second kappa shape index (κ2) is 7.62. The Labute approximate surface area is 172 Å². The molecule has 0 aromatic carbocycles. The number of rotatable bonds is 4. The van der Waals surface area contributed by atoms with Gasteiger partial charge >= 0.3 is 0 Å². The van der Waals surface area contributed by atoms with E-state index < -0.39 is 10.0 Å². The molecule has 8 nitrogen and oxygen atoms in total. The Bertz CT molecular complexity index is 1010. The minimum atomic E-state index is -3.15. The number of aromatic nitrogens is 1. The maximum Gasteiger partial charge on any atom is 0.255 e. The van der Waals surface area contributed by atoms with Gasteiger partial charge in [-0.05, 0) is 44.8 Å². The Morgan fingerprint density at radius 2 is 1.72 bits per heavy atom. The van der Waals surface area contributed by atoms with Crippen LogP contribution in [0.3, 0.4) is 0 Å². The van der Waals surface area contributed by atoms with Gasteiger partial charge in [-0.2, -0.15) is 4.31 Å². The number of amides is 1. The molecule has 0 bridgehead atoms. The molecule has 158 valence electrons. The lowest BCUT2D eigenvalue weighted by molar-refractivity contribution is 0.0782. The summed E-state index contributed by atoms with van der Waals surface area (Å²) in [5.74, 6) is 1.06. The van der Waals surface area contributed by atoms with Crippen LogP contribution in [-0.2, 0) is 10.0 Å². The van der Waals surface area contributed by atoms with Gasteiger partial charge in [0.15, 0.2) is 0 Å². The predicted octanol–water partition coefficient (Wildman–Crippen LogP) is 0.797. The second-order valence-electron chi connectivity index (χ2n) is 8.21. The zero-order valence-corrected chi connectivity index (χ0v) is 18.1. The van der Waals surface area contributed by atoms with Crippen molar-refractivity contribution in [1.29, 1.82) is 0 Å². The van der Waals surface area contributed by atoms with E-state index in [-0.39, 0.29) is 5.91 Å². The number of likely N-dealkylation sites (N-methyl/N-ethyl adjacent to an activating group) is 1. The molecule has 4 rings (SSSR count). The lowest BCUT2D eigenvalue weighted by atomic mass is 10.2. The summed E-state index contributed by atoms with van der Waals surface area (Å²) in [7, 11) is 0.959. The molecule has 29 heavy (non-hydrogen) atoms. The van der Waals surface area contributed by atoms with Crippen LogP contribution in [0.4, 0.5) is 5.82 Å². The number of hydrogen-bond acceptors (Lipinski definition) is 5. The average Bonchev–Trinajstić information content (AvgIpc) is 3.34. The number of anilines is 1. The minimum absolute atomic E-state index is 0.0674. The first-order valence-electron chi connectivity index (χ1n) is 10.0. The first-order valence-corrected chi connectivity index (χ1v) is 11.9. The smallest absolute Gasteiger partial charge is 0.255 e. The van der Waals surface area contributed by atoms with Gasteiger partial charge in [0.25, 0.3) is 5.91 Å². The van der Waals surface area contributed by atoms with Crippen molar-refractivity contribution < 1.29 is 13.2 Å². The molecule has 1 amide bonds. The van der Waals surface area contributed by atoms with Crippen molar-refractivity contribution in [3.63, 3.8) is 0 Å². The fourth-order valence-electron chi connectivity index (χ4n) is 4.25. The fourth-order valence-corrected chi connectivity index (χ4v) is 5.08. The van der Waals surface area contributed by atoms with Crippen LogP contribution in [-0.4, -0.2) is 98.5 Å². The van der Waals surface area contributed by atoms with Gasteiger partial charge in [0, 0.05) is 57.0 Å². The summed E-state index contributed by atoms with van der Waals surface area (Å²) >= 11 is 0. The van der Waals surface area contributed by atoms with Gasteiger partial charge in [0.1, 0.15) is 5.82 Å². The summed E-state index contributed by atoms with van der Waals surface area (Å²) < 4.78 is 27.1. The van der Waals surface area contributed by atoms with Crippen LogP contribution in [0, 0.1) is 0 Å². The van der Waals surface area contributed by atoms with E-state index in [0.717, 1.165) is 30.8 Å². The Hall–Kier alpha value is -2.10. The van der Waals surface area contributed by atoms with Crippen LogP contribution in [0.25, 0.3) is 5.52 Å². The van der Waals surface area contributed by atoms with Crippen LogP contribution < -0.4 is 4.90 Å². The number of likely N-dealkylation sites (tertiary alicyclic amines) is 1. The Kier molecular flexibility index (Phi) is 5.30. The van der Waals surface area contributed by atoms with Gasteiger partial charge in [0.2, 0.25) is 10.0 Å². The average molecular weight is 420 g/mol. The fraction of sp³-hybridized carbons (Fsp3) is 0.550. The zero-order valence-electron chi connectivity index (χ0n) is 17.3. The largest absolute Gasteiger partial charge is 0.355 e. The van der Waals surface area contributed by atoms with E-state index in [1.54, 1.807) is 0 Å². The van der Waals surface area contributed by atoms with Crippen LogP contribution >= 0.6 is 0 Å². The molecular weight excluding hydrogens is 390 g/mol. The number of hydrogen-bond donors (Lipinski definition) is 0. The number of carbonyl (C=O) groups excluding carboxylic acids is 1. The summed E-state index contributed by atoms with van der Waals surface area (Å²) in [6, 6.07) is 8.35. The number of carbonyl (C=O) groups is 1. The molecule has 0 radical (unpaired) electrons. The molecule has 2 aromatic rings. The van der Waals surface area contributed by atoms with Crippen molar-refractivity contribution in [3.8, 4) is 0 Å². The van der Waals surface area contributed by atoms with Crippen LogP contribution in [0.1, 0.15) is 16.8 Å². The lowest BCUT2D eigenvalue weighted by Crippen LogP contribution is -2.48. The predicted molar refractivity (Wildman–Crippen MR) is 114 cm³/mol. The van der Waals surface area contributed by atoms with Crippen molar-refractivity contribution in [3.05, 3.63) is 36.0 Å². The molecular formula is C20H29N5O3S. The quantitative estimate of drug-likeness (QED) is 0.733. The first kappa shape index (κ1) is 20.2. The highest BCUT2D eigenvalue weighted by Crippen LogP contribution is 2.23. The van der Waals surface area contributed by atoms with Crippen LogP contribution in [0.2, 0.25) is 0 Å². The number of fused-ring (bicyclic) bond motifs is 1. The van der Waals surface area contributed by atoms with E-state index in [2.05, 4.69) is 23.9 Å². The first-order chi connectivity index (χ1) is 13.7. The number of nitrogens with zero attached hydrogens (tertiary/aromatic N) is 5. The molecule has 0 saturated carbocycles. The molecule has 0 aliphatic carbocycles. The molecule has 1 atom stereocenters. The summed E-state index contributed by atoms with van der Waals surface area (Å²) in [5, 5.41) is 0. The number of pyridine rings is 1. The highest BCUT2D eigenvalue weighted by Gasteiger charge is 2.29.